The first-order valence-corrected chi connectivity index (χ1v) is 4.15. The monoisotopic (exact) mass is 190 g/mol. The molecule has 0 aliphatic carbocycles. The average Bonchev–Trinajstić information content (AvgIpc) is 2.65. The van der Waals surface area contributed by atoms with Crippen LogP contribution in [0, 0.1) is 0 Å². The Balaban J connectivity index is 2.75. The topological polar surface area (TPSA) is 76.7 Å². The summed E-state index contributed by atoms with van der Waals surface area (Å²) in [4.78, 5) is 11.7. The summed E-state index contributed by atoms with van der Waals surface area (Å²) in [7, 11) is 1.68. The summed E-state index contributed by atoms with van der Waals surface area (Å²) < 4.78 is 1.48. The number of pyridine rings is 1. The Morgan fingerprint density at radius 2 is 2.29 bits per heavy atom. The third-order valence-electron chi connectivity index (χ3n) is 2.07. The number of nitrogens with two attached hydrogens (primary N) is 1. The minimum absolute atomic E-state index is 0.130. The Kier molecular flexibility index (Phi) is 1.85. The van der Waals surface area contributed by atoms with Gasteiger partial charge in [0.1, 0.15) is 0 Å². The van der Waals surface area contributed by atoms with Crippen LogP contribution in [-0.2, 0) is 7.05 Å². The van der Waals surface area contributed by atoms with Crippen LogP contribution < -0.4 is 11.3 Å². The maximum atomic E-state index is 11.7. The third kappa shape index (κ3) is 1.19. The lowest BCUT2D eigenvalue weighted by atomic mass is 10.2. The van der Waals surface area contributed by atoms with Gasteiger partial charge in [-0.3, -0.25) is 9.89 Å². The number of H-pyrrole nitrogens is 1. The van der Waals surface area contributed by atoms with Crippen molar-refractivity contribution in [2.45, 2.75) is 0 Å². The van der Waals surface area contributed by atoms with Gasteiger partial charge in [0.2, 0.25) is 0 Å². The lowest BCUT2D eigenvalue weighted by Crippen LogP contribution is -2.19. The van der Waals surface area contributed by atoms with E-state index in [4.69, 9.17) is 5.73 Å². The van der Waals surface area contributed by atoms with Crippen molar-refractivity contribution in [2.24, 2.45) is 7.05 Å². The highest BCUT2D eigenvalue weighted by atomic mass is 16.1. The number of nitrogen functional groups attached to an aromatic ring is 1. The standard InChI is InChI=1S/C9H10N4O/c1-13-5-3-6(10)8(9(13)14)7-2-4-11-12-7/h2-5H,10H2,1H3,(H,11,12). The summed E-state index contributed by atoms with van der Waals surface area (Å²) in [5, 5.41) is 6.50. The Bertz CT molecular complexity index is 498. The number of aromatic nitrogens is 3. The fraction of sp³-hybridized carbons (Fsp3) is 0.111. The molecule has 0 spiro atoms. The van der Waals surface area contributed by atoms with Gasteiger partial charge in [0.15, 0.2) is 0 Å². The molecule has 0 fully saturated rings. The zero-order chi connectivity index (χ0) is 10.1. The zero-order valence-electron chi connectivity index (χ0n) is 7.69. The summed E-state index contributed by atoms with van der Waals surface area (Å²) in [6.07, 6.45) is 3.22. The summed E-state index contributed by atoms with van der Waals surface area (Å²) in [5.41, 5.74) is 7.15. The molecule has 0 atom stereocenters. The lowest BCUT2D eigenvalue weighted by molar-refractivity contribution is 0.862. The van der Waals surface area contributed by atoms with Crippen LogP contribution in [0.15, 0.2) is 29.3 Å². The molecule has 0 saturated heterocycles. The van der Waals surface area contributed by atoms with E-state index in [2.05, 4.69) is 10.2 Å². The van der Waals surface area contributed by atoms with Crippen molar-refractivity contribution in [3.63, 3.8) is 0 Å². The summed E-state index contributed by atoms with van der Waals surface area (Å²) in [6.45, 7) is 0. The van der Waals surface area contributed by atoms with Gasteiger partial charge in [-0.2, -0.15) is 5.10 Å². The molecule has 2 aromatic heterocycles. The normalized spacial score (nSPS) is 10.4. The van der Waals surface area contributed by atoms with E-state index >= 15 is 0 Å². The summed E-state index contributed by atoms with van der Waals surface area (Å²) in [6, 6.07) is 3.41. The van der Waals surface area contributed by atoms with E-state index in [0.717, 1.165) is 0 Å². The first-order chi connectivity index (χ1) is 6.70. The predicted molar refractivity (Wildman–Crippen MR) is 53.7 cm³/mol. The van der Waals surface area contributed by atoms with Crippen LogP contribution in [0.5, 0.6) is 0 Å². The highest BCUT2D eigenvalue weighted by Crippen LogP contribution is 2.18. The number of hydrogen-bond acceptors (Lipinski definition) is 3. The molecular formula is C9H10N4O. The van der Waals surface area contributed by atoms with Gasteiger partial charge < -0.3 is 10.3 Å². The average molecular weight is 190 g/mol. The quantitative estimate of drug-likeness (QED) is 0.681. The van der Waals surface area contributed by atoms with Gasteiger partial charge in [-0.1, -0.05) is 0 Å². The second-order valence-corrected chi connectivity index (χ2v) is 3.03. The largest absolute Gasteiger partial charge is 0.398 e. The van der Waals surface area contributed by atoms with E-state index in [-0.39, 0.29) is 5.56 Å². The molecule has 0 saturated carbocycles. The fourth-order valence-electron chi connectivity index (χ4n) is 1.31. The second kappa shape index (κ2) is 3.02. The fourth-order valence-corrected chi connectivity index (χ4v) is 1.31. The van der Waals surface area contributed by atoms with Crippen molar-refractivity contribution in [3.05, 3.63) is 34.9 Å². The van der Waals surface area contributed by atoms with Crippen molar-refractivity contribution in [1.29, 1.82) is 0 Å². The van der Waals surface area contributed by atoms with Crippen molar-refractivity contribution in [3.8, 4) is 11.3 Å². The van der Waals surface area contributed by atoms with E-state index < -0.39 is 0 Å². The number of nitrogens with zero attached hydrogens (tertiary/aromatic N) is 2. The van der Waals surface area contributed by atoms with Gasteiger partial charge in [0.05, 0.1) is 11.3 Å². The SMILES string of the molecule is Cn1ccc(N)c(-c2ccn[nH]2)c1=O. The molecule has 0 aromatic carbocycles. The molecule has 0 bridgehead atoms. The minimum Gasteiger partial charge on any atom is -0.398 e. The highest BCUT2D eigenvalue weighted by molar-refractivity contribution is 5.72. The lowest BCUT2D eigenvalue weighted by Gasteiger charge is -2.04. The van der Waals surface area contributed by atoms with Gasteiger partial charge in [-0.05, 0) is 12.1 Å². The van der Waals surface area contributed by atoms with Gasteiger partial charge in [-0.25, -0.2) is 0 Å². The van der Waals surface area contributed by atoms with Crippen molar-refractivity contribution in [2.75, 3.05) is 5.73 Å². The molecule has 72 valence electrons. The van der Waals surface area contributed by atoms with E-state index in [9.17, 15) is 4.79 Å². The van der Waals surface area contributed by atoms with Crippen LogP contribution in [0.3, 0.4) is 0 Å². The molecule has 2 aromatic rings. The molecule has 5 heteroatoms. The van der Waals surface area contributed by atoms with Gasteiger partial charge >= 0.3 is 0 Å². The molecular weight excluding hydrogens is 180 g/mol. The van der Waals surface area contributed by atoms with E-state index in [1.54, 1.807) is 31.6 Å². The minimum atomic E-state index is -0.130. The van der Waals surface area contributed by atoms with E-state index in [0.29, 0.717) is 16.9 Å². The summed E-state index contributed by atoms with van der Waals surface area (Å²) >= 11 is 0. The maximum absolute atomic E-state index is 11.7. The first kappa shape index (κ1) is 8.55. The zero-order valence-corrected chi connectivity index (χ0v) is 7.69. The Labute approximate surface area is 80.2 Å². The van der Waals surface area contributed by atoms with Gasteiger partial charge in [0.25, 0.3) is 5.56 Å². The van der Waals surface area contributed by atoms with Crippen LogP contribution in [0.1, 0.15) is 0 Å². The Hall–Kier alpha value is -2.04. The molecule has 14 heavy (non-hydrogen) atoms. The van der Waals surface area contributed by atoms with E-state index in [1.807, 2.05) is 0 Å². The molecule has 2 rings (SSSR count). The molecule has 0 radical (unpaired) electrons. The molecule has 0 aliphatic rings. The Morgan fingerprint density at radius 3 is 2.93 bits per heavy atom. The molecule has 0 amide bonds. The third-order valence-corrected chi connectivity index (χ3v) is 2.07. The van der Waals surface area contributed by atoms with E-state index in [1.165, 1.54) is 4.57 Å². The van der Waals surface area contributed by atoms with Crippen molar-refractivity contribution in [1.82, 2.24) is 14.8 Å². The molecule has 0 aliphatic heterocycles. The molecule has 2 heterocycles. The molecule has 0 unspecified atom stereocenters. The predicted octanol–water partition coefficient (Wildman–Crippen LogP) is 0.358. The van der Waals surface area contributed by atoms with Crippen molar-refractivity contribution < 1.29 is 0 Å². The van der Waals surface area contributed by atoms with Crippen LogP contribution >= 0.6 is 0 Å². The maximum Gasteiger partial charge on any atom is 0.261 e. The highest BCUT2D eigenvalue weighted by Gasteiger charge is 2.09. The smallest absolute Gasteiger partial charge is 0.261 e. The number of anilines is 1. The molecule has 5 nitrogen and oxygen atoms in total. The van der Waals surface area contributed by atoms with Crippen LogP contribution in [0.25, 0.3) is 11.3 Å². The van der Waals surface area contributed by atoms with Gasteiger partial charge in [0, 0.05) is 25.1 Å². The number of rotatable bonds is 1. The number of nitrogens with one attached hydrogen (secondary N) is 1. The molecule has 3 N–H and O–H groups in total. The van der Waals surface area contributed by atoms with Crippen molar-refractivity contribution >= 4 is 5.69 Å². The van der Waals surface area contributed by atoms with Crippen LogP contribution in [-0.4, -0.2) is 14.8 Å². The van der Waals surface area contributed by atoms with Gasteiger partial charge in [-0.15, -0.1) is 0 Å². The second-order valence-electron chi connectivity index (χ2n) is 3.03. The first-order valence-electron chi connectivity index (χ1n) is 4.15. The van der Waals surface area contributed by atoms with Crippen LogP contribution in [0.2, 0.25) is 0 Å². The number of hydrogen-bond donors (Lipinski definition) is 2. The number of aromatic amines is 1. The summed E-state index contributed by atoms with van der Waals surface area (Å²) in [5.74, 6) is 0. The van der Waals surface area contributed by atoms with Crippen LogP contribution in [0.4, 0.5) is 5.69 Å². The number of aryl methyl sites for hydroxylation is 1. The Morgan fingerprint density at radius 1 is 1.50 bits per heavy atom.